The Morgan fingerprint density at radius 1 is 1.00 bits per heavy atom. The van der Waals surface area contributed by atoms with E-state index in [1.54, 1.807) is 18.2 Å². The molecule has 0 radical (unpaired) electrons. The molecule has 0 unspecified atom stereocenters. The number of hydrogen-bond acceptors (Lipinski definition) is 3. The van der Waals surface area contributed by atoms with Gasteiger partial charge in [0.15, 0.2) is 17.5 Å². The fraction of sp³-hybridized carbons (Fsp3) is 0.118. The summed E-state index contributed by atoms with van der Waals surface area (Å²) in [4.78, 5) is 23.1. The lowest BCUT2D eigenvalue weighted by molar-refractivity contribution is -0.120. The van der Waals surface area contributed by atoms with Crippen LogP contribution in [0.4, 0.5) is 18.9 Å². The molecule has 128 valence electrons. The van der Waals surface area contributed by atoms with E-state index in [0.717, 1.165) is 6.07 Å². The first-order valence-corrected chi connectivity index (χ1v) is 7.10. The minimum Gasteiger partial charge on any atom is -0.351 e. The minimum absolute atomic E-state index is 0.201. The molecule has 8 heteroatoms. The molecule has 0 spiro atoms. The lowest BCUT2D eigenvalue weighted by atomic mass is 10.1. The monoisotopic (exact) mass is 347 g/mol. The standard InChI is InChI=1S/C17H12F3N3O2/c18-13-6-5-12(15(19)16(13)20)17(25)23-11-3-1-10(2-4-11)9-22-14(24)7-8-21/h1-6H,7,9H2,(H,22,24)(H,23,25). The number of carbonyl (C=O) groups excluding carboxylic acids is 2. The fourth-order valence-corrected chi connectivity index (χ4v) is 1.94. The van der Waals surface area contributed by atoms with Crippen molar-refractivity contribution in [1.29, 1.82) is 5.26 Å². The Kier molecular flexibility index (Phi) is 5.74. The number of nitriles is 1. The van der Waals surface area contributed by atoms with Gasteiger partial charge in [-0.05, 0) is 29.8 Å². The zero-order valence-electron chi connectivity index (χ0n) is 12.8. The molecule has 0 aromatic heterocycles. The molecule has 0 heterocycles. The Bertz CT molecular complexity index is 845. The molecule has 25 heavy (non-hydrogen) atoms. The third-order valence-corrected chi connectivity index (χ3v) is 3.22. The number of benzene rings is 2. The normalized spacial score (nSPS) is 10.0. The third kappa shape index (κ3) is 4.57. The Morgan fingerprint density at radius 3 is 2.32 bits per heavy atom. The summed E-state index contributed by atoms with van der Waals surface area (Å²) in [6, 6.07) is 9.44. The van der Waals surface area contributed by atoms with Crippen LogP contribution in [-0.2, 0) is 11.3 Å². The zero-order valence-corrected chi connectivity index (χ0v) is 12.8. The summed E-state index contributed by atoms with van der Waals surface area (Å²) in [7, 11) is 0. The Labute approximate surface area is 141 Å². The molecule has 0 aliphatic carbocycles. The van der Waals surface area contributed by atoms with Crippen molar-refractivity contribution in [3.63, 3.8) is 0 Å². The van der Waals surface area contributed by atoms with Gasteiger partial charge in [0.1, 0.15) is 6.42 Å². The van der Waals surface area contributed by atoms with Crippen LogP contribution in [0.1, 0.15) is 22.3 Å². The molecule has 0 aliphatic heterocycles. The van der Waals surface area contributed by atoms with Crippen LogP contribution in [0.25, 0.3) is 0 Å². The van der Waals surface area contributed by atoms with E-state index >= 15 is 0 Å². The third-order valence-electron chi connectivity index (χ3n) is 3.22. The van der Waals surface area contributed by atoms with Crippen molar-refractivity contribution in [3.05, 3.63) is 65.0 Å². The van der Waals surface area contributed by atoms with Crippen LogP contribution in [0.3, 0.4) is 0 Å². The summed E-state index contributed by atoms with van der Waals surface area (Å²) in [6.45, 7) is 0.201. The number of nitrogens with one attached hydrogen (secondary N) is 2. The van der Waals surface area contributed by atoms with Gasteiger partial charge in [0.2, 0.25) is 5.91 Å². The lowest BCUT2D eigenvalue weighted by Crippen LogP contribution is -2.21. The van der Waals surface area contributed by atoms with Gasteiger partial charge >= 0.3 is 0 Å². The smallest absolute Gasteiger partial charge is 0.258 e. The largest absolute Gasteiger partial charge is 0.351 e. The first-order valence-electron chi connectivity index (χ1n) is 7.10. The van der Waals surface area contributed by atoms with Crippen molar-refractivity contribution in [1.82, 2.24) is 5.32 Å². The molecule has 2 rings (SSSR count). The van der Waals surface area contributed by atoms with Crippen molar-refractivity contribution in [2.24, 2.45) is 0 Å². The second-order valence-electron chi connectivity index (χ2n) is 4.99. The van der Waals surface area contributed by atoms with Gasteiger partial charge in [0.05, 0.1) is 11.6 Å². The van der Waals surface area contributed by atoms with Crippen molar-refractivity contribution in [3.8, 4) is 6.07 Å². The minimum atomic E-state index is -1.71. The van der Waals surface area contributed by atoms with Gasteiger partial charge in [0, 0.05) is 12.2 Å². The van der Waals surface area contributed by atoms with E-state index < -0.39 is 34.8 Å². The van der Waals surface area contributed by atoms with Gasteiger partial charge in [-0.1, -0.05) is 12.1 Å². The van der Waals surface area contributed by atoms with Crippen LogP contribution in [-0.4, -0.2) is 11.8 Å². The lowest BCUT2D eigenvalue weighted by Gasteiger charge is -2.08. The average molecular weight is 347 g/mol. The van der Waals surface area contributed by atoms with Crippen molar-refractivity contribution < 1.29 is 22.8 Å². The van der Waals surface area contributed by atoms with E-state index in [0.29, 0.717) is 17.3 Å². The molecule has 0 atom stereocenters. The maximum atomic E-state index is 13.6. The highest BCUT2D eigenvalue weighted by Gasteiger charge is 2.18. The van der Waals surface area contributed by atoms with E-state index in [2.05, 4.69) is 10.6 Å². The van der Waals surface area contributed by atoms with Crippen LogP contribution >= 0.6 is 0 Å². The van der Waals surface area contributed by atoms with Crippen molar-refractivity contribution >= 4 is 17.5 Å². The molecule has 5 nitrogen and oxygen atoms in total. The van der Waals surface area contributed by atoms with Gasteiger partial charge in [-0.2, -0.15) is 5.26 Å². The molecular weight excluding hydrogens is 335 g/mol. The Balaban J connectivity index is 2.02. The van der Waals surface area contributed by atoms with Gasteiger partial charge < -0.3 is 10.6 Å². The van der Waals surface area contributed by atoms with Crippen LogP contribution in [0.5, 0.6) is 0 Å². The SMILES string of the molecule is N#CCC(=O)NCc1ccc(NC(=O)c2ccc(F)c(F)c2F)cc1. The van der Waals surface area contributed by atoms with Gasteiger partial charge in [-0.15, -0.1) is 0 Å². The second-order valence-corrected chi connectivity index (χ2v) is 4.99. The number of rotatable bonds is 5. The average Bonchev–Trinajstić information content (AvgIpc) is 2.59. The summed E-state index contributed by atoms with van der Waals surface area (Å²) in [6.07, 6.45) is -0.242. The molecule has 2 aromatic carbocycles. The number of nitrogens with zero attached hydrogens (tertiary/aromatic N) is 1. The van der Waals surface area contributed by atoms with E-state index in [1.807, 2.05) is 0 Å². The summed E-state index contributed by atoms with van der Waals surface area (Å²) in [5, 5.41) is 13.3. The predicted octanol–water partition coefficient (Wildman–Crippen LogP) is 2.89. The first kappa shape index (κ1) is 18.0. The highest BCUT2D eigenvalue weighted by molar-refractivity contribution is 6.04. The summed E-state index contributed by atoms with van der Waals surface area (Å²) in [5.41, 5.74) is 0.399. The quantitative estimate of drug-likeness (QED) is 0.816. The molecule has 0 bridgehead atoms. The van der Waals surface area contributed by atoms with E-state index in [9.17, 15) is 22.8 Å². The molecule has 0 fully saturated rings. The van der Waals surface area contributed by atoms with Gasteiger partial charge in [-0.25, -0.2) is 13.2 Å². The number of halogens is 3. The van der Waals surface area contributed by atoms with Crippen LogP contribution in [0, 0.1) is 28.8 Å². The zero-order chi connectivity index (χ0) is 18.4. The van der Waals surface area contributed by atoms with Crippen molar-refractivity contribution in [2.75, 3.05) is 5.32 Å². The fourth-order valence-electron chi connectivity index (χ4n) is 1.94. The highest BCUT2D eigenvalue weighted by Crippen LogP contribution is 2.17. The number of carbonyl (C=O) groups is 2. The molecule has 2 aromatic rings. The molecule has 0 saturated carbocycles. The van der Waals surface area contributed by atoms with E-state index in [-0.39, 0.29) is 13.0 Å². The maximum Gasteiger partial charge on any atom is 0.258 e. The van der Waals surface area contributed by atoms with E-state index in [1.165, 1.54) is 12.1 Å². The summed E-state index contributed by atoms with van der Waals surface area (Å²) in [5.74, 6) is -5.98. The second kappa shape index (κ2) is 7.97. The molecule has 2 N–H and O–H groups in total. The number of anilines is 1. The number of hydrogen-bond donors (Lipinski definition) is 2. The van der Waals surface area contributed by atoms with Crippen LogP contribution < -0.4 is 10.6 Å². The molecule has 2 amide bonds. The molecule has 0 aliphatic rings. The number of amides is 2. The molecule has 0 saturated heterocycles. The Hall–Kier alpha value is -3.34. The first-order chi connectivity index (χ1) is 11.9. The van der Waals surface area contributed by atoms with Gasteiger partial charge in [-0.3, -0.25) is 9.59 Å². The maximum absolute atomic E-state index is 13.6. The summed E-state index contributed by atoms with van der Waals surface area (Å²) >= 11 is 0. The predicted molar refractivity (Wildman–Crippen MR) is 82.8 cm³/mol. The topological polar surface area (TPSA) is 82.0 Å². The van der Waals surface area contributed by atoms with Crippen LogP contribution in [0.15, 0.2) is 36.4 Å². The van der Waals surface area contributed by atoms with Crippen LogP contribution in [0.2, 0.25) is 0 Å². The summed E-state index contributed by atoms with van der Waals surface area (Å²) < 4.78 is 39.6. The Morgan fingerprint density at radius 2 is 1.68 bits per heavy atom. The van der Waals surface area contributed by atoms with E-state index in [4.69, 9.17) is 5.26 Å². The van der Waals surface area contributed by atoms with Gasteiger partial charge in [0.25, 0.3) is 5.91 Å². The molecular formula is C17H12F3N3O2. The van der Waals surface area contributed by atoms with Crippen molar-refractivity contribution in [2.45, 2.75) is 13.0 Å². The highest BCUT2D eigenvalue weighted by atomic mass is 19.2.